The van der Waals surface area contributed by atoms with Gasteiger partial charge in [-0.05, 0) is 53.6 Å². The van der Waals surface area contributed by atoms with Gasteiger partial charge in [-0.2, -0.15) is 4.72 Å². The van der Waals surface area contributed by atoms with E-state index in [1.165, 1.54) is 0 Å². The molecule has 4 aromatic carbocycles. The number of likely N-dealkylation sites (N-methyl/N-ethyl adjacent to an activating group) is 1. The van der Waals surface area contributed by atoms with Crippen LogP contribution in [-0.4, -0.2) is 58.1 Å². The summed E-state index contributed by atoms with van der Waals surface area (Å²) in [5, 5.41) is 2.35. The molecule has 0 aliphatic carbocycles. The zero-order valence-electron chi connectivity index (χ0n) is 23.3. The Balaban J connectivity index is 1.42. The summed E-state index contributed by atoms with van der Waals surface area (Å²) >= 11 is 0. The average Bonchev–Trinajstić information content (AvgIpc) is 3.41. The first-order chi connectivity index (χ1) is 19.8. The van der Waals surface area contributed by atoms with Crippen molar-refractivity contribution in [2.45, 2.75) is 23.8 Å². The first-order valence-corrected chi connectivity index (χ1v) is 14.8. The van der Waals surface area contributed by atoms with E-state index in [1.54, 1.807) is 50.4 Å². The highest BCUT2D eigenvalue weighted by Crippen LogP contribution is 2.28. The fourth-order valence-electron chi connectivity index (χ4n) is 5.09. The molecule has 9 heteroatoms. The minimum Gasteiger partial charge on any atom is -0.493 e. The fraction of sp³-hybridized carbons (Fsp3) is 0.219. The lowest BCUT2D eigenvalue weighted by Gasteiger charge is -2.25. The van der Waals surface area contributed by atoms with Crippen LogP contribution in [0.4, 0.5) is 0 Å². The predicted molar refractivity (Wildman–Crippen MR) is 161 cm³/mol. The zero-order chi connectivity index (χ0) is 29.0. The van der Waals surface area contributed by atoms with Gasteiger partial charge in [-0.15, -0.1) is 0 Å². The van der Waals surface area contributed by atoms with Crippen molar-refractivity contribution in [2.24, 2.45) is 0 Å². The third-order valence-electron chi connectivity index (χ3n) is 7.29. The number of hydrogen-bond donors (Lipinski definition) is 2. The van der Waals surface area contributed by atoms with Crippen molar-refractivity contribution in [3.05, 3.63) is 102 Å². The molecule has 0 saturated carbocycles. The minimum absolute atomic E-state index is 0.139. The normalized spacial score (nSPS) is 12.4. The van der Waals surface area contributed by atoms with E-state index < -0.39 is 16.1 Å². The second kappa shape index (κ2) is 12.0. The van der Waals surface area contributed by atoms with Crippen LogP contribution in [0, 0.1) is 0 Å². The molecule has 212 valence electrons. The van der Waals surface area contributed by atoms with Crippen molar-refractivity contribution in [1.29, 1.82) is 0 Å². The van der Waals surface area contributed by atoms with Gasteiger partial charge in [0.25, 0.3) is 0 Å². The number of ether oxygens (including phenoxy) is 2. The van der Waals surface area contributed by atoms with Crippen LogP contribution in [0.15, 0.2) is 96.0 Å². The van der Waals surface area contributed by atoms with E-state index in [2.05, 4.69) is 9.71 Å². The molecule has 0 aliphatic rings. The maximum atomic E-state index is 13.9. The molecule has 1 amide bonds. The van der Waals surface area contributed by atoms with Crippen LogP contribution in [0.1, 0.15) is 11.1 Å². The molecule has 5 rings (SSSR count). The highest BCUT2D eigenvalue weighted by Gasteiger charge is 2.30. The number of hydrogen-bond acceptors (Lipinski definition) is 5. The Morgan fingerprint density at radius 1 is 0.902 bits per heavy atom. The lowest BCUT2D eigenvalue weighted by molar-refractivity contribution is -0.131. The molecule has 0 bridgehead atoms. The van der Waals surface area contributed by atoms with Gasteiger partial charge in [-0.1, -0.05) is 60.7 Å². The molecule has 0 fully saturated rings. The third kappa shape index (κ3) is 6.06. The van der Waals surface area contributed by atoms with Gasteiger partial charge < -0.3 is 19.4 Å². The number of methoxy groups -OCH3 is 2. The van der Waals surface area contributed by atoms with Crippen molar-refractivity contribution < 1.29 is 22.7 Å². The number of carbonyl (C=O) groups is 1. The van der Waals surface area contributed by atoms with Gasteiger partial charge >= 0.3 is 0 Å². The molecule has 1 atom stereocenters. The third-order valence-corrected chi connectivity index (χ3v) is 8.82. The number of aromatic amines is 1. The smallest absolute Gasteiger partial charge is 0.241 e. The number of fused-ring (bicyclic) bond motifs is 2. The van der Waals surface area contributed by atoms with Crippen molar-refractivity contribution in [3.8, 4) is 11.5 Å². The molecule has 0 aliphatic heterocycles. The van der Waals surface area contributed by atoms with Gasteiger partial charge in [-0.3, -0.25) is 4.79 Å². The number of sulfonamides is 1. The number of carbonyl (C=O) groups excluding carboxylic acids is 1. The number of amides is 1. The van der Waals surface area contributed by atoms with E-state index >= 15 is 0 Å². The summed E-state index contributed by atoms with van der Waals surface area (Å²) in [6.45, 7) is 0.384. The Morgan fingerprint density at radius 3 is 2.39 bits per heavy atom. The quantitative estimate of drug-likeness (QED) is 0.234. The number of nitrogens with one attached hydrogen (secondary N) is 2. The molecule has 1 unspecified atom stereocenters. The molecule has 5 aromatic rings. The maximum absolute atomic E-state index is 13.9. The Kier molecular flexibility index (Phi) is 8.28. The maximum Gasteiger partial charge on any atom is 0.241 e. The molecular weight excluding hydrogens is 538 g/mol. The van der Waals surface area contributed by atoms with Crippen LogP contribution in [0.2, 0.25) is 0 Å². The molecule has 0 spiro atoms. The second-order valence-corrected chi connectivity index (χ2v) is 11.6. The SMILES string of the molecule is COc1ccc(CCN(C)C(=O)C(Cc2c[nH]c3ccccc23)NS(=O)(=O)c2cccc3ccccc23)cc1OC. The lowest BCUT2D eigenvalue weighted by atomic mass is 10.0. The first kappa shape index (κ1) is 28.2. The van der Waals surface area contributed by atoms with Crippen LogP contribution < -0.4 is 14.2 Å². The van der Waals surface area contributed by atoms with E-state index in [4.69, 9.17) is 9.47 Å². The summed E-state index contributed by atoms with van der Waals surface area (Å²) in [4.78, 5) is 18.8. The highest BCUT2D eigenvalue weighted by atomic mass is 32.2. The second-order valence-electron chi connectivity index (χ2n) is 9.91. The Hall–Kier alpha value is -4.34. The average molecular weight is 572 g/mol. The van der Waals surface area contributed by atoms with Crippen LogP contribution in [0.5, 0.6) is 11.5 Å². The Morgan fingerprint density at radius 2 is 1.61 bits per heavy atom. The largest absolute Gasteiger partial charge is 0.493 e. The van der Waals surface area contributed by atoms with Crippen LogP contribution in [0.3, 0.4) is 0 Å². The molecule has 0 saturated heterocycles. The first-order valence-electron chi connectivity index (χ1n) is 13.3. The summed E-state index contributed by atoms with van der Waals surface area (Å²) < 4.78 is 41.0. The summed E-state index contributed by atoms with van der Waals surface area (Å²) in [7, 11) is 0.807. The molecular formula is C32H33N3O5S. The van der Waals surface area contributed by atoms with Crippen LogP contribution in [-0.2, 0) is 27.7 Å². The van der Waals surface area contributed by atoms with E-state index in [9.17, 15) is 13.2 Å². The van der Waals surface area contributed by atoms with E-state index in [0.29, 0.717) is 29.9 Å². The number of aromatic nitrogens is 1. The number of rotatable bonds is 11. The number of nitrogens with zero attached hydrogens (tertiary/aromatic N) is 1. The fourth-order valence-corrected chi connectivity index (χ4v) is 6.51. The Labute approximate surface area is 239 Å². The monoisotopic (exact) mass is 571 g/mol. The summed E-state index contributed by atoms with van der Waals surface area (Å²) in [6, 6.07) is 24.8. The van der Waals surface area contributed by atoms with Crippen LogP contribution >= 0.6 is 0 Å². The van der Waals surface area contributed by atoms with Crippen molar-refractivity contribution in [2.75, 3.05) is 27.8 Å². The van der Waals surface area contributed by atoms with Crippen molar-refractivity contribution in [1.82, 2.24) is 14.6 Å². The molecule has 41 heavy (non-hydrogen) atoms. The summed E-state index contributed by atoms with van der Waals surface area (Å²) in [5.41, 5.74) is 2.74. The number of H-pyrrole nitrogens is 1. The summed E-state index contributed by atoms with van der Waals surface area (Å²) in [6.07, 6.45) is 2.58. The van der Waals surface area contributed by atoms with Gasteiger partial charge in [0, 0.05) is 36.1 Å². The van der Waals surface area contributed by atoms with E-state index in [0.717, 1.165) is 27.4 Å². The lowest BCUT2D eigenvalue weighted by Crippen LogP contribution is -2.49. The Bertz CT molecular complexity index is 1790. The van der Waals surface area contributed by atoms with Crippen molar-refractivity contribution >= 4 is 37.6 Å². The van der Waals surface area contributed by atoms with Gasteiger partial charge in [0.2, 0.25) is 15.9 Å². The molecule has 2 N–H and O–H groups in total. The highest BCUT2D eigenvalue weighted by molar-refractivity contribution is 7.89. The summed E-state index contributed by atoms with van der Waals surface area (Å²) in [5.74, 6) is 0.918. The van der Waals surface area contributed by atoms with Gasteiger partial charge in [-0.25, -0.2) is 8.42 Å². The minimum atomic E-state index is -4.04. The van der Waals surface area contributed by atoms with Crippen molar-refractivity contribution in [3.63, 3.8) is 0 Å². The molecule has 0 radical (unpaired) electrons. The van der Waals surface area contributed by atoms with Gasteiger partial charge in [0.1, 0.15) is 6.04 Å². The topological polar surface area (TPSA) is 101 Å². The number of benzene rings is 4. The van der Waals surface area contributed by atoms with E-state index in [1.807, 2.05) is 66.9 Å². The van der Waals surface area contributed by atoms with Crippen LogP contribution in [0.25, 0.3) is 21.7 Å². The zero-order valence-corrected chi connectivity index (χ0v) is 24.1. The molecule has 1 aromatic heterocycles. The van der Waals surface area contributed by atoms with E-state index in [-0.39, 0.29) is 17.2 Å². The molecule has 8 nitrogen and oxygen atoms in total. The van der Waals surface area contributed by atoms with Gasteiger partial charge in [0.15, 0.2) is 11.5 Å². The number of para-hydroxylation sites is 1. The van der Waals surface area contributed by atoms with Gasteiger partial charge in [0.05, 0.1) is 19.1 Å². The standard InChI is InChI=1S/C32H33N3O5S/c1-35(18-17-22-15-16-29(39-2)30(19-22)40-3)32(36)28(20-24-21-33-27-13-7-6-11-25(24)27)34-41(37,38)31-14-8-10-23-9-4-5-12-26(23)31/h4-16,19,21,28,33-34H,17-18,20H2,1-3H3. The molecule has 1 heterocycles. The predicted octanol–water partition coefficient (Wildman–Crippen LogP) is 4.93.